The van der Waals surface area contributed by atoms with Gasteiger partial charge in [0.2, 0.25) is 0 Å². The van der Waals surface area contributed by atoms with Gasteiger partial charge in [0.15, 0.2) is 0 Å². The topological polar surface area (TPSA) is 80.5 Å². The van der Waals surface area contributed by atoms with E-state index in [0.29, 0.717) is 16.4 Å². The molecule has 0 saturated carbocycles. The molecule has 0 atom stereocenters. The molecule has 0 unspecified atom stereocenters. The lowest BCUT2D eigenvalue weighted by Gasteiger charge is -2.22. The van der Waals surface area contributed by atoms with Crippen LogP contribution in [-0.4, -0.2) is 28.0 Å². The summed E-state index contributed by atoms with van der Waals surface area (Å²) in [6.07, 6.45) is 0. The van der Waals surface area contributed by atoms with Gasteiger partial charge in [-0.2, -0.15) is 9.50 Å². The van der Waals surface area contributed by atoms with Crippen LogP contribution in [0.3, 0.4) is 0 Å². The zero-order valence-corrected chi connectivity index (χ0v) is 18.7. The Morgan fingerprint density at radius 3 is 2.45 bits per heavy atom. The molecule has 0 radical (unpaired) electrons. The van der Waals surface area contributed by atoms with Crippen LogP contribution in [-0.2, 0) is 16.6 Å². The number of benzene rings is 2. The van der Waals surface area contributed by atoms with Crippen LogP contribution in [0.15, 0.2) is 53.4 Å². The van der Waals surface area contributed by atoms with Crippen LogP contribution < -0.4 is 4.31 Å². The van der Waals surface area contributed by atoms with Crippen LogP contribution >= 0.6 is 23.2 Å². The predicted molar refractivity (Wildman–Crippen MR) is 116 cm³/mol. The van der Waals surface area contributed by atoms with Crippen molar-refractivity contribution in [2.24, 2.45) is 0 Å². The second-order valence-corrected chi connectivity index (χ2v) is 9.53. The van der Waals surface area contributed by atoms with Gasteiger partial charge in [0.1, 0.15) is 5.82 Å². The Balaban J connectivity index is 1.91. The molecule has 160 valence electrons. The van der Waals surface area contributed by atoms with Crippen LogP contribution in [0.5, 0.6) is 0 Å². The van der Waals surface area contributed by atoms with Gasteiger partial charge in [-0.3, -0.25) is 0 Å². The third-order valence-corrected chi connectivity index (χ3v) is 6.94. The van der Waals surface area contributed by atoms with E-state index < -0.39 is 22.4 Å². The number of fused-ring (bicyclic) bond motifs is 1. The van der Waals surface area contributed by atoms with Crippen LogP contribution in [0.1, 0.15) is 17.0 Å². The molecule has 4 rings (SSSR count). The number of hydrogen-bond donors (Lipinski definition) is 0. The predicted octanol–water partition coefficient (Wildman–Crippen LogP) is 4.58. The van der Waals surface area contributed by atoms with Gasteiger partial charge in [-0.25, -0.2) is 22.1 Å². The maximum atomic E-state index is 14.5. The number of aromatic nitrogens is 4. The number of aryl methyl sites for hydroxylation is 2. The average molecular weight is 480 g/mol. The Bertz CT molecular complexity index is 1370. The summed E-state index contributed by atoms with van der Waals surface area (Å²) in [7, 11) is -4.19. The highest BCUT2D eigenvalue weighted by Crippen LogP contribution is 2.28. The Morgan fingerprint density at radius 1 is 1.06 bits per heavy atom. The SMILES string of the molecule is Cc1cc(C)n2nc(N(Cc3c(F)cccc3Cl)S(=O)(=O)c3ccc(Cl)cc3)nc2n1. The van der Waals surface area contributed by atoms with Crippen molar-refractivity contribution in [1.29, 1.82) is 0 Å². The van der Waals surface area contributed by atoms with E-state index in [4.69, 9.17) is 23.2 Å². The number of rotatable bonds is 5. The second-order valence-electron chi connectivity index (χ2n) is 6.83. The molecule has 0 bridgehead atoms. The van der Waals surface area contributed by atoms with Crippen LogP contribution in [0.25, 0.3) is 5.78 Å². The van der Waals surface area contributed by atoms with Crippen molar-refractivity contribution < 1.29 is 12.8 Å². The normalized spacial score (nSPS) is 11.8. The number of nitrogens with zero attached hydrogens (tertiary/aromatic N) is 5. The lowest BCUT2D eigenvalue weighted by molar-refractivity contribution is 0.583. The standard InChI is InChI=1S/C20H16Cl2FN5O2S/c1-12-10-13(2)28-19(24-12)25-20(26-28)27(11-16-17(22)4-3-5-18(16)23)31(29,30)15-8-6-14(21)7-9-15/h3-10H,11H2,1-2H3. The van der Waals surface area contributed by atoms with Crippen molar-refractivity contribution in [2.75, 3.05) is 4.31 Å². The third-order valence-electron chi connectivity index (χ3n) is 4.60. The fourth-order valence-corrected chi connectivity index (χ4v) is 4.76. The highest BCUT2D eigenvalue weighted by Gasteiger charge is 2.30. The largest absolute Gasteiger partial charge is 0.267 e. The van der Waals surface area contributed by atoms with E-state index in [-0.39, 0.29) is 27.2 Å². The molecule has 0 aliphatic carbocycles. The molecule has 2 aromatic carbocycles. The van der Waals surface area contributed by atoms with Gasteiger partial charge in [-0.05, 0) is 56.3 Å². The Morgan fingerprint density at radius 2 is 1.77 bits per heavy atom. The number of anilines is 1. The minimum Gasteiger partial charge on any atom is -0.228 e. The zero-order valence-electron chi connectivity index (χ0n) is 16.4. The van der Waals surface area contributed by atoms with Gasteiger partial charge < -0.3 is 0 Å². The maximum Gasteiger partial charge on any atom is 0.267 e. The zero-order chi connectivity index (χ0) is 22.3. The van der Waals surface area contributed by atoms with E-state index in [1.807, 2.05) is 0 Å². The average Bonchev–Trinajstić information content (AvgIpc) is 3.11. The van der Waals surface area contributed by atoms with Crippen molar-refractivity contribution in [3.63, 3.8) is 0 Å². The van der Waals surface area contributed by atoms with Gasteiger partial charge in [-0.1, -0.05) is 29.3 Å². The molecule has 31 heavy (non-hydrogen) atoms. The summed E-state index contributed by atoms with van der Waals surface area (Å²) in [5.41, 5.74) is 1.42. The third kappa shape index (κ3) is 4.08. The van der Waals surface area contributed by atoms with Gasteiger partial charge in [0.05, 0.1) is 11.4 Å². The molecule has 4 aromatic rings. The molecule has 11 heteroatoms. The highest BCUT2D eigenvalue weighted by molar-refractivity contribution is 7.92. The van der Waals surface area contributed by atoms with E-state index in [0.717, 1.165) is 4.31 Å². The first-order chi connectivity index (χ1) is 14.7. The molecular weight excluding hydrogens is 464 g/mol. The number of hydrogen-bond acceptors (Lipinski definition) is 5. The molecule has 0 amide bonds. The fraction of sp³-hybridized carbons (Fsp3) is 0.150. The molecule has 2 aromatic heterocycles. The monoisotopic (exact) mass is 479 g/mol. The summed E-state index contributed by atoms with van der Waals surface area (Å²) in [6, 6.07) is 11.5. The summed E-state index contributed by atoms with van der Waals surface area (Å²) in [5.74, 6) is -0.573. The van der Waals surface area contributed by atoms with Crippen molar-refractivity contribution in [1.82, 2.24) is 19.6 Å². The lowest BCUT2D eigenvalue weighted by Crippen LogP contribution is -2.32. The van der Waals surface area contributed by atoms with Gasteiger partial charge in [-0.15, -0.1) is 5.10 Å². The quantitative estimate of drug-likeness (QED) is 0.418. The first-order valence-electron chi connectivity index (χ1n) is 9.09. The van der Waals surface area contributed by atoms with E-state index in [1.165, 1.54) is 47.0 Å². The first-order valence-corrected chi connectivity index (χ1v) is 11.3. The minimum atomic E-state index is -4.19. The van der Waals surface area contributed by atoms with E-state index in [2.05, 4.69) is 15.1 Å². The van der Waals surface area contributed by atoms with Crippen molar-refractivity contribution in [3.8, 4) is 0 Å². The summed E-state index contributed by atoms with van der Waals surface area (Å²) in [4.78, 5) is 8.54. The summed E-state index contributed by atoms with van der Waals surface area (Å²) in [6.45, 7) is 3.18. The molecule has 2 heterocycles. The number of sulfonamides is 1. The fourth-order valence-electron chi connectivity index (χ4n) is 3.09. The Kier molecular flexibility index (Phi) is 5.59. The van der Waals surface area contributed by atoms with E-state index in [9.17, 15) is 12.8 Å². The second kappa shape index (κ2) is 8.07. The van der Waals surface area contributed by atoms with Gasteiger partial charge >= 0.3 is 0 Å². The van der Waals surface area contributed by atoms with Crippen LogP contribution in [0.4, 0.5) is 10.3 Å². The molecule has 0 spiro atoms. The summed E-state index contributed by atoms with van der Waals surface area (Å²) in [5, 5.41) is 4.78. The Hall–Kier alpha value is -2.75. The van der Waals surface area contributed by atoms with Crippen LogP contribution in [0.2, 0.25) is 10.0 Å². The van der Waals surface area contributed by atoms with E-state index in [1.54, 1.807) is 19.9 Å². The van der Waals surface area contributed by atoms with Gasteiger partial charge in [0.25, 0.3) is 21.7 Å². The molecule has 0 aliphatic heterocycles. The molecular formula is C20H16Cl2FN5O2S. The molecule has 0 aliphatic rings. The lowest BCUT2D eigenvalue weighted by atomic mass is 10.2. The first kappa shape index (κ1) is 21.5. The van der Waals surface area contributed by atoms with Crippen LogP contribution in [0, 0.1) is 19.7 Å². The molecule has 0 fully saturated rings. The maximum absolute atomic E-state index is 14.5. The molecule has 0 N–H and O–H groups in total. The Labute approximate surface area is 188 Å². The summed E-state index contributed by atoms with van der Waals surface area (Å²) < 4.78 is 43.9. The van der Waals surface area contributed by atoms with E-state index >= 15 is 0 Å². The molecule has 7 nitrogen and oxygen atoms in total. The number of halogens is 3. The molecule has 0 saturated heterocycles. The van der Waals surface area contributed by atoms with Crippen molar-refractivity contribution >= 4 is 45.0 Å². The minimum absolute atomic E-state index is 0.00132. The van der Waals surface area contributed by atoms with Crippen molar-refractivity contribution in [3.05, 3.63) is 81.3 Å². The highest BCUT2D eigenvalue weighted by atomic mass is 35.5. The smallest absolute Gasteiger partial charge is 0.228 e. The van der Waals surface area contributed by atoms with Gasteiger partial charge in [0, 0.05) is 27.0 Å². The summed E-state index contributed by atoms with van der Waals surface area (Å²) >= 11 is 12.1. The van der Waals surface area contributed by atoms with Crippen molar-refractivity contribution in [2.45, 2.75) is 25.3 Å².